The van der Waals surface area contributed by atoms with Gasteiger partial charge >= 0.3 is 10.1 Å². The second-order valence-electron chi connectivity index (χ2n) is 2.46. The van der Waals surface area contributed by atoms with Gasteiger partial charge in [0.1, 0.15) is 5.52 Å². The zero-order valence-electron chi connectivity index (χ0n) is 6.34. The summed E-state index contributed by atoms with van der Waals surface area (Å²) in [6.07, 6.45) is 0. The maximum atomic E-state index is 10.7. The molecule has 13 heavy (non-hydrogen) atoms. The number of hydrogen-bond acceptors (Lipinski definition) is 4. The monoisotopic (exact) mass is 199 g/mol. The fourth-order valence-electron chi connectivity index (χ4n) is 1.05. The van der Waals surface area contributed by atoms with E-state index >= 15 is 0 Å². The van der Waals surface area contributed by atoms with Crippen LogP contribution in [0.2, 0.25) is 0 Å². The Balaban J connectivity index is 2.87. The van der Waals surface area contributed by atoms with Crippen molar-refractivity contribution in [2.75, 3.05) is 0 Å². The van der Waals surface area contributed by atoms with Crippen molar-refractivity contribution in [3.8, 4) is 0 Å². The lowest BCUT2D eigenvalue weighted by molar-refractivity contribution is 0.331. The average molecular weight is 199 g/mol. The highest BCUT2D eigenvalue weighted by atomic mass is 32.2. The van der Waals surface area contributed by atoms with Crippen molar-refractivity contribution in [2.24, 2.45) is 0 Å². The van der Waals surface area contributed by atoms with E-state index < -0.39 is 15.2 Å². The number of hydrogen-bond donors (Lipinski definition) is 1. The fourth-order valence-corrected chi connectivity index (χ4v) is 1.63. The van der Waals surface area contributed by atoms with Gasteiger partial charge in [-0.3, -0.25) is 4.55 Å². The highest BCUT2D eigenvalue weighted by Gasteiger charge is 2.19. The van der Waals surface area contributed by atoms with E-state index in [9.17, 15) is 8.42 Å². The summed E-state index contributed by atoms with van der Waals surface area (Å²) < 4.78 is 34.7. The maximum Gasteiger partial charge on any atom is 0.331 e. The molecule has 0 aliphatic carbocycles. The largest absolute Gasteiger partial charge is 0.341 e. The van der Waals surface area contributed by atoms with Gasteiger partial charge in [0.05, 0.1) is 5.39 Å². The molecule has 0 aliphatic heterocycles. The van der Waals surface area contributed by atoms with E-state index in [2.05, 4.69) is 9.68 Å². The lowest BCUT2D eigenvalue weighted by Crippen LogP contribution is -1.95. The molecule has 0 aliphatic rings. The summed E-state index contributed by atoms with van der Waals surface area (Å²) in [5.74, 6) is 0. The van der Waals surface area contributed by atoms with Crippen LogP contribution in [0.4, 0.5) is 0 Å². The van der Waals surface area contributed by atoms with Crippen LogP contribution in [0.1, 0.15) is 0 Å². The second kappa shape index (κ2) is 2.54. The lowest BCUT2D eigenvalue weighted by Gasteiger charge is -1.88. The Morgan fingerprint density at radius 2 is 2.00 bits per heavy atom. The van der Waals surface area contributed by atoms with Crippen molar-refractivity contribution >= 4 is 21.0 Å². The molecule has 0 fully saturated rings. The third kappa shape index (κ3) is 1.30. The van der Waals surface area contributed by atoms with Crippen LogP contribution in [0.25, 0.3) is 10.9 Å². The first-order valence-corrected chi connectivity index (χ1v) is 4.85. The second-order valence-corrected chi connectivity index (χ2v) is 3.78. The SMILES string of the molecule is O=S(=O)(O)c1onc2ccccc12. The predicted molar refractivity (Wildman–Crippen MR) is 43.8 cm³/mol. The summed E-state index contributed by atoms with van der Waals surface area (Å²) in [4.78, 5) is 0. The molecule has 0 atom stereocenters. The molecule has 1 aromatic carbocycles. The predicted octanol–water partition coefficient (Wildman–Crippen LogP) is 1.07. The van der Waals surface area contributed by atoms with Crippen LogP contribution in [-0.2, 0) is 10.1 Å². The topological polar surface area (TPSA) is 80.4 Å². The Morgan fingerprint density at radius 1 is 1.31 bits per heavy atom. The third-order valence-corrected chi connectivity index (χ3v) is 2.35. The summed E-state index contributed by atoms with van der Waals surface area (Å²) in [6, 6.07) is 6.43. The summed E-state index contributed by atoms with van der Waals surface area (Å²) in [5, 5.41) is 3.24. The van der Waals surface area contributed by atoms with Crippen molar-refractivity contribution in [1.29, 1.82) is 0 Å². The Bertz CT molecular complexity index is 542. The zero-order chi connectivity index (χ0) is 9.47. The lowest BCUT2D eigenvalue weighted by atomic mass is 10.3. The average Bonchev–Trinajstić information content (AvgIpc) is 2.45. The van der Waals surface area contributed by atoms with Crippen LogP contribution in [-0.4, -0.2) is 18.1 Å². The smallest absolute Gasteiger partial charge is 0.331 e. The summed E-state index contributed by atoms with van der Waals surface area (Å²) in [5.41, 5.74) is 0.398. The molecule has 0 spiro atoms. The highest BCUT2D eigenvalue weighted by Crippen LogP contribution is 2.21. The normalized spacial score (nSPS) is 12.1. The van der Waals surface area contributed by atoms with Crippen LogP contribution in [0, 0.1) is 0 Å². The third-order valence-electron chi connectivity index (χ3n) is 1.59. The molecule has 5 nitrogen and oxygen atoms in total. The van der Waals surface area contributed by atoms with Gasteiger partial charge < -0.3 is 4.52 Å². The molecule has 0 radical (unpaired) electrons. The van der Waals surface area contributed by atoms with E-state index in [0.29, 0.717) is 5.52 Å². The van der Waals surface area contributed by atoms with E-state index in [1.807, 2.05) is 0 Å². The molecular weight excluding hydrogens is 194 g/mol. The number of fused-ring (bicyclic) bond motifs is 1. The number of benzene rings is 1. The quantitative estimate of drug-likeness (QED) is 0.695. The molecule has 0 saturated carbocycles. The first-order valence-electron chi connectivity index (χ1n) is 3.41. The standard InChI is InChI=1S/C7H5NO4S/c9-13(10,11)7-5-3-1-2-4-6(5)8-12-7/h1-4H,(H,9,10,11). The molecule has 68 valence electrons. The van der Waals surface area contributed by atoms with Gasteiger partial charge in [-0.2, -0.15) is 8.42 Å². The van der Waals surface area contributed by atoms with E-state index in [0.717, 1.165) is 0 Å². The van der Waals surface area contributed by atoms with Crippen molar-refractivity contribution in [2.45, 2.75) is 5.09 Å². The summed E-state index contributed by atoms with van der Waals surface area (Å²) in [7, 11) is -4.32. The van der Waals surface area contributed by atoms with Gasteiger partial charge in [-0.15, -0.1) is 0 Å². The Kier molecular flexibility index (Phi) is 1.61. The molecule has 2 rings (SSSR count). The molecule has 0 saturated heterocycles. The Hall–Kier alpha value is -1.40. The number of rotatable bonds is 1. The molecule has 1 aromatic heterocycles. The van der Waals surface area contributed by atoms with Crippen LogP contribution in [0.15, 0.2) is 33.9 Å². The van der Waals surface area contributed by atoms with Crippen molar-refractivity contribution < 1.29 is 17.5 Å². The maximum absolute atomic E-state index is 10.7. The summed E-state index contributed by atoms with van der Waals surface area (Å²) >= 11 is 0. The van der Waals surface area contributed by atoms with Gasteiger partial charge in [0.15, 0.2) is 0 Å². The Morgan fingerprint density at radius 3 is 2.69 bits per heavy atom. The van der Waals surface area contributed by atoms with Gasteiger partial charge in [-0.1, -0.05) is 17.3 Å². The van der Waals surface area contributed by atoms with E-state index in [4.69, 9.17) is 4.55 Å². The van der Waals surface area contributed by atoms with E-state index in [-0.39, 0.29) is 5.39 Å². The first kappa shape index (κ1) is 8.21. The molecule has 0 unspecified atom stereocenters. The van der Waals surface area contributed by atoms with E-state index in [1.165, 1.54) is 6.07 Å². The minimum Gasteiger partial charge on any atom is -0.341 e. The van der Waals surface area contributed by atoms with Gasteiger partial charge in [0, 0.05) is 0 Å². The minimum absolute atomic E-state index is 0.282. The molecule has 1 N–H and O–H groups in total. The van der Waals surface area contributed by atoms with Crippen LogP contribution in [0.3, 0.4) is 0 Å². The van der Waals surface area contributed by atoms with Crippen molar-refractivity contribution in [1.82, 2.24) is 5.16 Å². The molecule has 1 heterocycles. The number of aromatic nitrogens is 1. The Labute approximate surface area is 73.7 Å². The van der Waals surface area contributed by atoms with Gasteiger partial charge in [-0.05, 0) is 12.1 Å². The van der Waals surface area contributed by atoms with Crippen LogP contribution < -0.4 is 0 Å². The highest BCUT2D eigenvalue weighted by molar-refractivity contribution is 7.85. The minimum atomic E-state index is -4.32. The molecular formula is C7H5NO4S. The van der Waals surface area contributed by atoms with Gasteiger partial charge in [-0.25, -0.2) is 0 Å². The zero-order valence-corrected chi connectivity index (χ0v) is 7.15. The van der Waals surface area contributed by atoms with Gasteiger partial charge in [0.2, 0.25) is 0 Å². The first-order chi connectivity index (χ1) is 6.09. The molecule has 2 aromatic rings. The molecule has 6 heteroatoms. The summed E-state index contributed by atoms with van der Waals surface area (Å²) in [6.45, 7) is 0. The number of nitrogens with zero attached hydrogens (tertiary/aromatic N) is 1. The van der Waals surface area contributed by atoms with Crippen molar-refractivity contribution in [3.63, 3.8) is 0 Å². The van der Waals surface area contributed by atoms with Crippen LogP contribution >= 0.6 is 0 Å². The van der Waals surface area contributed by atoms with E-state index in [1.54, 1.807) is 18.2 Å². The van der Waals surface area contributed by atoms with Crippen LogP contribution in [0.5, 0.6) is 0 Å². The fraction of sp³-hybridized carbons (Fsp3) is 0. The van der Waals surface area contributed by atoms with Gasteiger partial charge in [0.25, 0.3) is 5.09 Å². The molecule has 0 bridgehead atoms. The molecule has 0 amide bonds. The van der Waals surface area contributed by atoms with Crippen molar-refractivity contribution in [3.05, 3.63) is 24.3 Å².